The fourth-order valence-corrected chi connectivity index (χ4v) is 5.70. The van der Waals surface area contributed by atoms with E-state index in [-0.39, 0.29) is 23.3 Å². The second-order valence-corrected chi connectivity index (χ2v) is 8.86. The number of anilines is 1. The van der Waals surface area contributed by atoms with Crippen LogP contribution in [0.5, 0.6) is 0 Å². The summed E-state index contributed by atoms with van der Waals surface area (Å²) in [6, 6.07) is 7.37. The van der Waals surface area contributed by atoms with Crippen molar-refractivity contribution in [1.29, 1.82) is 0 Å². The normalized spacial score (nSPS) is 32.7. The van der Waals surface area contributed by atoms with Gasteiger partial charge in [-0.3, -0.25) is 9.59 Å². The molecule has 0 unspecified atom stereocenters. The number of benzene rings is 1. The Balaban J connectivity index is 1.44. The number of hydrogen-bond donors (Lipinski definition) is 2. The van der Waals surface area contributed by atoms with Crippen molar-refractivity contribution >= 4 is 17.5 Å². The largest absolute Gasteiger partial charge is 0.350 e. The van der Waals surface area contributed by atoms with Crippen LogP contribution in [-0.2, 0) is 4.79 Å². The van der Waals surface area contributed by atoms with Gasteiger partial charge in [-0.25, -0.2) is 0 Å². The Morgan fingerprint density at radius 2 is 1.48 bits per heavy atom. The number of carbonyl (C=O) groups is 2. The zero-order valence-corrected chi connectivity index (χ0v) is 15.2. The molecule has 5 rings (SSSR count). The first-order chi connectivity index (χ1) is 11.9. The molecule has 2 N–H and O–H groups in total. The zero-order valence-electron chi connectivity index (χ0n) is 15.2. The molecule has 0 heterocycles. The molecule has 0 atom stereocenters. The Labute approximate surface area is 149 Å². The van der Waals surface area contributed by atoms with E-state index in [0.717, 1.165) is 42.7 Å². The molecule has 0 aliphatic heterocycles. The maximum absolute atomic E-state index is 13.0. The monoisotopic (exact) mass is 340 g/mol. The summed E-state index contributed by atoms with van der Waals surface area (Å²) in [5, 5.41) is 6.02. The van der Waals surface area contributed by atoms with E-state index in [9.17, 15) is 9.59 Å². The van der Waals surface area contributed by atoms with Crippen LogP contribution in [0.2, 0.25) is 0 Å². The molecular weight excluding hydrogens is 312 g/mol. The summed E-state index contributed by atoms with van der Waals surface area (Å²) in [6.45, 7) is 3.88. The highest BCUT2D eigenvalue weighted by Gasteiger charge is 2.54. The van der Waals surface area contributed by atoms with E-state index in [2.05, 4.69) is 10.6 Å². The van der Waals surface area contributed by atoms with Gasteiger partial charge in [-0.1, -0.05) is 0 Å². The van der Waals surface area contributed by atoms with Crippen molar-refractivity contribution in [2.75, 3.05) is 5.32 Å². The topological polar surface area (TPSA) is 58.2 Å². The van der Waals surface area contributed by atoms with E-state index in [4.69, 9.17) is 0 Å². The van der Waals surface area contributed by atoms with Gasteiger partial charge in [-0.15, -0.1) is 0 Å². The van der Waals surface area contributed by atoms with Crippen molar-refractivity contribution in [3.8, 4) is 0 Å². The van der Waals surface area contributed by atoms with Crippen LogP contribution in [0, 0.1) is 23.2 Å². The minimum absolute atomic E-state index is 0.0750. The summed E-state index contributed by atoms with van der Waals surface area (Å²) in [4.78, 5) is 25.1. The molecule has 4 aliphatic carbocycles. The number of carbonyl (C=O) groups excluding carboxylic acids is 2. The molecule has 0 saturated heterocycles. The maximum Gasteiger partial charge on any atom is 0.251 e. The molecule has 0 radical (unpaired) electrons. The minimum Gasteiger partial charge on any atom is -0.350 e. The van der Waals surface area contributed by atoms with Crippen molar-refractivity contribution in [3.05, 3.63) is 29.8 Å². The molecule has 134 valence electrons. The number of rotatable bonds is 4. The molecule has 1 aromatic carbocycles. The third kappa shape index (κ3) is 3.19. The second kappa shape index (κ2) is 6.15. The summed E-state index contributed by atoms with van der Waals surface area (Å²) >= 11 is 0. The highest BCUT2D eigenvalue weighted by atomic mass is 16.2. The van der Waals surface area contributed by atoms with Gasteiger partial charge in [0, 0.05) is 17.3 Å². The predicted molar refractivity (Wildman–Crippen MR) is 98.3 cm³/mol. The van der Waals surface area contributed by atoms with Crippen molar-refractivity contribution in [2.24, 2.45) is 23.2 Å². The van der Waals surface area contributed by atoms with Gasteiger partial charge in [-0.05, 0) is 94.4 Å². The number of nitrogens with one attached hydrogen (secondary N) is 2. The lowest BCUT2D eigenvalue weighted by Crippen LogP contribution is -2.51. The van der Waals surface area contributed by atoms with E-state index in [1.165, 1.54) is 19.3 Å². The Bertz CT molecular complexity index is 642. The first-order valence-corrected chi connectivity index (χ1v) is 9.66. The average molecular weight is 340 g/mol. The van der Waals surface area contributed by atoms with E-state index in [1.54, 1.807) is 12.1 Å². The first kappa shape index (κ1) is 16.6. The highest BCUT2D eigenvalue weighted by Crippen LogP contribution is 2.60. The standard InChI is InChI=1S/C21H28N2O2/c1-13(2)22-19(24)17-3-5-18(6-4-17)23-20(25)21-10-14-7-15(11-21)9-16(8-14)12-21/h3-6,13-16H,7-12H2,1-2H3,(H,22,24)(H,23,25). The molecule has 4 nitrogen and oxygen atoms in total. The SMILES string of the molecule is CC(C)NC(=O)c1ccc(NC(=O)C23CC4CC(CC(C4)C2)C3)cc1. The third-order valence-electron chi connectivity index (χ3n) is 6.34. The minimum atomic E-state index is -0.136. The Morgan fingerprint density at radius 1 is 0.960 bits per heavy atom. The second-order valence-electron chi connectivity index (χ2n) is 8.86. The third-order valence-corrected chi connectivity index (χ3v) is 6.34. The van der Waals surface area contributed by atoms with E-state index in [1.807, 2.05) is 26.0 Å². The molecule has 4 saturated carbocycles. The van der Waals surface area contributed by atoms with Crippen LogP contribution >= 0.6 is 0 Å². The summed E-state index contributed by atoms with van der Waals surface area (Å²) in [7, 11) is 0. The molecule has 4 bridgehead atoms. The van der Waals surface area contributed by atoms with Crippen molar-refractivity contribution in [1.82, 2.24) is 5.32 Å². The van der Waals surface area contributed by atoms with Crippen molar-refractivity contribution < 1.29 is 9.59 Å². The van der Waals surface area contributed by atoms with Gasteiger partial charge in [-0.2, -0.15) is 0 Å². The zero-order chi connectivity index (χ0) is 17.6. The Morgan fingerprint density at radius 3 is 1.96 bits per heavy atom. The van der Waals surface area contributed by atoms with Gasteiger partial charge in [0.25, 0.3) is 5.91 Å². The smallest absolute Gasteiger partial charge is 0.251 e. The van der Waals surface area contributed by atoms with Crippen molar-refractivity contribution in [3.63, 3.8) is 0 Å². The molecule has 2 amide bonds. The Kier molecular flexibility index (Phi) is 4.09. The molecule has 4 aliphatic rings. The molecule has 25 heavy (non-hydrogen) atoms. The summed E-state index contributed by atoms with van der Waals surface area (Å²) in [6.07, 6.45) is 7.23. The van der Waals surface area contributed by atoms with Crippen LogP contribution in [0.1, 0.15) is 62.7 Å². The highest BCUT2D eigenvalue weighted by molar-refractivity contribution is 5.97. The summed E-state index contributed by atoms with van der Waals surface area (Å²) < 4.78 is 0. The van der Waals surface area contributed by atoms with Crippen LogP contribution < -0.4 is 10.6 Å². The molecule has 4 heteroatoms. The average Bonchev–Trinajstić information content (AvgIpc) is 2.53. The lowest BCUT2D eigenvalue weighted by molar-refractivity contribution is -0.140. The van der Waals surface area contributed by atoms with Gasteiger partial charge in [0.1, 0.15) is 0 Å². The first-order valence-electron chi connectivity index (χ1n) is 9.66. The van der Waals surface area contributed by atoms with Crippen LogP contribution in [0.3, 0.4) is 0 Å². The van der Waals surface area contributed by atoms with Crippen LogP contribution in [0.4, 0.5) is 5.69 Å². The molecular formula is C21H28N2O2. The van der Waals surface area contributed by atoms with E-state index in [0.29, 0.717) is 5.56 Å². The number of amides is 2. The molecule has 0 aromatic heterocycles. The predicted octanol–water partition coefficient (Wildman–Crippen LogP) is 3.98. The lowest BCUT2D eigenvalue weighted by Gasteiger charge is -2.55. The van der Waals surface area contributed by atoms with Gasteiger partial charge in [0.2, 0.25) is 5.91 Å². The fraction of sp³-hybridized carbons (Fsp3) is 0.619. The summed E-state index contributed by atoms with van der Waals surface area (Å²) in [5.41, 5.74) is 1.28. The van der Waals surface area contributed by atoms with Crippen molar-refractivity contribution in [2.45, 2.75) is 58.4 Å². The number of hydrogen-bond acceptors (Lipinski definition) is 2. The molecule has 0 spiro atoms. The molecule has 4 fully saturated rings. The quantitative estimate of drug-likeness (QED) is 0.871. The maximum atomic E-state index is 13.0. The van der Waals surface area contributed by atoms with Gasteiger partial charge in [0.05, 0.1) is 5.41 Å². The van der Waals surface area contributed by atoms with Crippen LogP contribution in [0.15, 0.2) is 24.3 Å². The van der Waals surface area contributed by atoms with E-state index >= 15 is 0 Å². The lowest BCUT2D eigenvalue weighted by atomic mass is 9.49. The van der Waals surface area contributed by atoms with Gasteiger partial charge < -0.3 is 10.6 Å². The van der Waals surface area contributed by atoms with Gasteiger partial charge in [0.15, 0.2) is 0 Å². The van der Waals surface area contributed by atoms with Gasteiger partial charge >= 0.3 is 0 Å². The summed E-state index contributed by atoms with van der Waals surface area (Å²) in [5.74, 6) is 2.41. The van der Waals surface area contributed by atoms with Crippen LogP contribution in [-0.4, -0.2) is 17.9 Å². The fourth-order valence-electron chi connectivity index (χ4n) is 5.70. The Hall–Kier alpha value is -1.84. The van der Waals surface area contributed by atoms with Crippen LogP contribution in [0.25, 0.3) is 0 Å². The molecule has 1 aromatic rings. The van der Waals surface area contributed by atoms with E-state index < -0.39 is 0 Å².